The molecule has 1 spiro atoms. The highest BCUT2D eigenvalue weighted by Gasteiger charge is 2.66. The third kappa shape index (κ3) is 7.73. The summed E-state index contributed by atoms with van der Waals surface area (Å²) in [4.78, 5) is 45.8. The number of H-pyrrole nitrogens is 1. The number of ether oxygens (including phenoxy) is 3. The molecule has 0 radical (unpaired) electrons. The number of aromatic nitrogens is 4. The van der Waals surface area contributed by atoms with Gasteiger partial charge in [-0.1, -0.05) is 60.7 Å². The molecule has 0 aliphatic carbocycles. The Bertz CT molecular complexity index is 2240. The van der Waals surface area contributed by atoms with E-state index in [1.807, 2.05) is 67.0 Å². The third-order valence-corrected chi connectivity index (χ3v) is 16.3. The Labute approximate surface area is 333 Å². The molecular weight excluding hydrogens is 741 g/mol. The van der Waals surface area contributed by atoms with E-state index in [9.17, 15) is 14.7 Å². The van der Waals surface area contributed by atoms with Crippen molar-refractivity contribution in [3.8, 4) is 5.75 Å². The lowest BCUT2D eigenvalue weighted by Crippen LogP contribution is -2.52. The first-order valence-corrected chi connectivity index (χ1v) is 22.8. The standard InChI is InChI=1S/C43H52N6O7Si/c1-28-41(57(4,5)33-16-14-32(54-2)15-17-33)38(19-22-48-27-31(20-23-50)46-47-48)56-43(28)35-25-30(45-39(51)24-29-26-44-36-11-7-6-10-34(29)36)13-18-37(35)49(42(43)53)21-9-8-12-40(52)55-3/h6-7,10-11,13-18,25-28,38,41,44,50H,8-9,12,19-24H2,1-5H3,(H,45,51)/t28-,38+,41-,43+/m1/s1. The number of rotatable bonds is 16. The van der Waals surface area contributed by atoms with Crippen LogP contribution in [0.5, 0.6) is 5.75 Å². The summed E-state index contributed by atoms with van der Waals surface area (Å²) in [6, 6.07) is 21.8. The smallest absolute Gasteiger partial charge is 0.305 e. The molecule has 5 aromatic rings. The number of fused-ring (bicyclic) bond motifs is 3. The second-order valence-electron chi connectivity index (χ2n) is 15.7. The first-order valence-electron chi connectivity index (χ1n) is 19.7. The summed E-state index contributed by atoms with van der Waals surface area (Å²) in [6.07, 6.45) is 5.99. The summed E-state index contributed by atoms with van der Waals surface area (Å²) in [5, 5.41) is 23.3. The van der Waals surface area contributed by atoms with E-state index in [4.69, 9.17) is 14.2 Å². The van der Waals surface area contributed by atoms with Gasteiger partial charge < -0.3 is 34.5 Å². The van der Waals surface area contributed by atoms with Crippen LogP contribution in [0.3, 0.4) is 0 Å². The van der Waals surface area contributed by atoms with Crippen molar-refractivity contribution in [1.82, 2.24) is 20.0 Å². The Morgan fingerprint density at radius 2 is 1.84 bits per heavy atom. The lowest BCUT2D eigenvalue weighted by atomic mass is 9.82. The Kier molecular flexibility index (Phi) is 11.7. The number of hydrogen-bond donors (Lipinski definition) is 3. The van der Waals surface area contributed by atoms with Crippen molar-refractivity contribution in [3.63, 3.8) is 0 Å². The number of methoxy groups -OCH3 is 2. The molecule has 300 valence electrons. The van der Waals surface area contributed by atoms with E-state index >= 15 is 4.79 Å². The molecule has 3 aromatic carbocycles. The van der Waals surface area contributed by atoms with Crippen LogP contribution in [-0.2, 0) is 48.8 Å². The molecule has 0 bridgehead atoms. The summed E-state index contributed by atoms with van der Waals surface area (Å²) in [5.41, 5.74) is 3.30. The van der Waals surface area contributed by atoms with Crippen LogP contribution in [0.15, 0.2) is 79.1 Å². The Balaban J connectivity index is 1.25. The zero-order valence-corrected chi connectivity index (χ0v) is 34.3. The molecule has 7 rings (SSSR count). The SMILES string of the molecule is COC(=O)CCCCN1C(=O)[C@@]2(O[C@@H](CCn3cc(CCO)nn3)[C@H]([Si](C)(C)c3ccc(OC)cc3)[C@H]2C)c2cc(NC(=O)Cc3c[nH]c4ccccc34)ccc21. The van der Waals surface area contributed by atoms with Crippen molar-refractivity contribution < 1.29 is 33.7 Å². The molecule has 2 amide bonds. The summed E-state index contributed by atoms with van der Waals surface area (Å²) < 4.78 is 19.5. The van der Waals surface area contributed by atoms with Crippen LogP contribution in [0.2, 0.25) is 18.6 Å². The molecule has 1 saturated heterocycles. The molecule has 0 unspecified atom stereocenters. The van der Waals surface area contributed by atoms with Crippen molar-refractivity contribution in [2.75, 3.05) is 37.6 Å². The number of esters is 1. The van der Waals surface area contributed by atoms with E-state index in [0.29, 0.717) is 50.2 Å². The van der Waals surface area contributed by atoms with Crippen molar-refractivity contribution in [1.29, 1.82) is 0 Å². The fourth-order valence-electron chi connectivity index (χ4n) is 9.12. The first-order chi connectivity index (χ1) is 27.5. The zero-order chi connectivity index (χ0) is 40.3. The van der Waals surface area contributed by atoms with Crippen molar-refractivity contribution in [2.45, 2.75) is 82.3 Å². The molecule has 13 nitrogen and oxygen atoms in total. The minimum absolute atomic E-state index is 0.0116. The number of amides is 2. The average Bonchev–Trinajstić information content (AvgIpc) is 3.97. The fraction of sp³-hybridized carbons (Fsp3) is 0.419. The first kappa shape index (κ1) is 39.9. The molecule has 2 aliphatic rings. The predicted octanol–water partition coefficient (Wildman–Crippen LogP) is 5.48. The summed E-state index contributed by atoms with van der Waals surface area (Å²) >= 11 is 0. The quantitative estimate of drug-likeness (QED) is 0.0668. The maximum atomic E-state index is 15.2. The van der Waals surface area contributed by atoms with Crippen LogP contribution in [0, 0.1) is 5.92 Å². The highest BCUT2D eigenvalue weighted by atomic mass is 28.3. The lowest BCUT2D eigenvalue weighted by molar-refractivity contribution is -0.146. The van der Waals surface area contributed by atoms with Crippen LogP contribution in [-0.4, -0.2) is 84.4 Å². The van der Waals surface area contributed by atoms with Gasteiger partial charge in [-0.25, -0.2) is 0 Å². The van der Waals surface area contributed by atoms with Gasteiger partial charge in [-0.2, -0.15) is 0 Å². The van der Waals surface area contributed by atoms with E-state index in [1.54, 1.807) is 16.7 Å². The number of aliphatic hydroxyl groups excluding tert-OH is 1. The predicted molar refractivity (Wildman–Crippen MR) is 220 cm³/mol. The molecule has 4 atom stereocenters. The van der Waals surface area contributed by atoms with Gasteiger partial charge in [-0.3, -0.25) is 19.1 Å². The van der Waals surface area contributed by atoms with Gasteiger partial charge in [0.25, 0.3) is 5.91 Å². The number of carbonyl (C=O) groups is 3. The highest BCUT2D eigenvalue weighted by Crippen LogP contribution is 2.60. The van der Waals surface area contributed by atoms with Gasteiger partial charge >= 0.3 is 5.97 Å². The molecule has 14 heteroatoms. The minimum atomic E-state index is -2.42. The fourth-order valence-corrected chi connectivity index (χ4v) is 13.2. The van der Waals surface area contributed by atoms with Gasteiger partial charge in [0.2, 0.25) is 5.91 Å². The third-order valence-electron chi connectivity index (χ3n) is 12.0. The molecule has 0 saturated carbocycles. The summed E-state index contributed by atoms with van der Waals surface area (Å²) in [5.74, 6) is -0.0686. The van der Waals surface area contributed by atoms with Crippen LogP contribution in [0.1, 0.15) is 49.4 Å². The topological polar surface area (TPSA) is 161 Å². The van der Waals surface area contributed by atoms with E-state index in [-0.39, 0.29) is 54.8 Å². The van der Waals surface area contributed by atoms with E-state index in [1.165, 1.54) is 12.3 Å². The lowest BCUT2D eigenvalue weighted by Gasteiger charge is -2.37. The number of carbonyl (C=O) groups excluding carboxylic acids is 3. The number of aryl methyl sites for hydroxylation is 1. The summed E-state index contributed by atoms with van der Waals surface area (Å²) in [7, 11) is 0.613. The van der Waals surface area contributed by atoms with Gasteiger partial charge in [0.15, 0.2) is 5.60 Å². The Morgan fingerprint density at radius 3 is 2.60 bits per heavy atom. The average molecular weight is 793 g/mol. The maximum Gasteiger partial charge on any atom is 0.305 e. The molecular formula is C43H52N6O7Si. The number of nitrogens with zero attached hydrogens (tertiary/aromatic N) is 4. The van der Waals surface area contributed by atoms with Crippen molar-refractivity contribution in [3.05, 3.63) is 95.9 Å². The molecule has 4 heterocycles. The van der Waals surface area contributed by atoms with E-state index < -0.39 is 13.7 Å². The van der Waals surface area contributed by atoms with Gasteiger partial charge in [0.05, 0.1) is 46.2 Å². The maximum absolute atomic E-state index is 15.2. The monoisotopic (exact) mass is 792 g/mol. The van der Waals surface area contributed by atoms with Crippen LogP contribution < -0.4 is 20.1 Å². The number of benzene rings is 3. The van der Waals surface area contributed by atoms with Gasteiger partial charge in [0.1, 0.15) is 5.75 Å². The minimum Gasteiger partial charge on any atom is -0.497 e. The molecule has 2 aliphatic heterocycles. The Hall–Kier alpha value is -5.31. The largest absolute Gasteiger partial charge is 0.497 e. The number of aromatic amines is 1. The van der Waals surface area contributed by atoms with Crippen LogP contribution in [0.4, 0.5) is 11.4 Å². The number of anilines is 2. The molecule has 57 heavy (non-hydrogen) atoms. The van der Waals surface area contributed by atoms with Crippen molar-refractivity contribution in [2.24, 2.45) is 5.92 Å². The van der Waals surface area contributed by atoms with Crippen molar-refractivity contribution >= 4 is 53.3 Å². The van der Waals surface area contributed by atoms with E-state index in [0.717, 1.165) is 33.5 Å². The highest BCUT2D eigenvalue weighted by molar-refractivity contribution is 6.91. The number of unbranched alkanes of at least 4 members (excludes halogenated alkanes) is 1. The van der Waals surface area contributed by atoms with Crippen LogP contribution in [0.25, 0.3) is 10.9 Å². The molecule has 1 fully saturated rings. The second kappa shape index (κ2) is 16.7. The molecule has 2 aromatic heterocycles. The number of nitrogens with one attached hydrogen (secondary N) is 2. The number of para-hydroxylation sites is 1. The second-order valence-corrected chi connectivity index (χ2v) is 20.4. The van der Waals surface area contributed by atoms with E-state index in [2.05, 4.69) is 52.8 Å². The van der Waals surface area contributed by atoms with Gasteiger partial charge in [0, 0.05) is 73.0 Å². The Morgan fingerprint density at radius 1 is 1.05 bits per heavy atom. The normalized spacial score (nSPS) is 20.4. The van der Waals surface area contributed by atoms with Crippen LogP contribution >= 0.6 is 0 Å². The number of hydrogen-bond acceptors (Lipinski definition) is 9. The van der Waals surface area contributed by atoms with Gasteiger partial charge in [-0.15, -0.1) is 5.10 Å². The van der Waals surface area contributed by atoms with Gasteiger partial charge in [-0.05, 0) is 66.8 Å². The number of aliphatic hydroxyl groups is 1. The summed E-state index contributed by atoms with van der Waals surface area (Å²) in [6.45, 7) is 7.72. The molecule has 3 N–H and O–H groups in total. The zero-order valence-electron chi connectivity index (χ0n) is 33.3.